The Hall–Kier alpha value is -1.25. The zero-order valence-corrected chi connectivity index (χ0v) is 11.6. The van der Waals surface area contributed by atoms with Crippen molar-refractivity contribution < 1.29 is 5.11 Å². The number of thioether (sulfide) groups is 1. The third kappa shape index (κ3) is 2.70. The Morgan fingerprint density at radius 3 is 2.58 bits per heavy atom. The molecule has 2 heteroatoms. The van der Waals surface area contributed by atoms with Crippen molar-refractivity contribution in [3.05, 3.63) is 65.7 Å². The summed E-state index contributed by atoms with van der Waals surface area (Å²) < 4.78 is 0. The van der Waals surface area contributed by atoms with Crippen LogP contribution in [-0.2, 0) is 0 Å². The number of aliphatic hydroxyl groups is 1. The van der Waals surface area contributed by atoms with Crippen molar-refractivity contribution in [3.8, 4) is 0 Å². The first-order chi connectivity index (χ1) is 9.38. The average Bonchev–Trinajstić information content (AvgIpc) is 2.89. The SMILES string of the molecule is OCC(CC1CSc2ccccc21)c1ccccc1. The van der Waals surface area contributed by atoms with Crippen molar-refractivity contribution in [3.63, 3.8) is 0 Å². The Morgan fingerprint density at radius 1 is 1.05 bits per heavy atom. The van der Waals surface area contributed by atoms with Gasteiger partial charge in [0.05, 0.1) is 0 Å². The van der Waals surface area contributed by atoms with Gasteiger partial charge in [-0.3, -0.25) is 0 Å². The molecule has 1 nitrogen and oxygen atoms in total. The first-order valence-corrected chi connectivity index (χ1v) is 7.74. The molecule has 3 rings (SSSR count). The van der Waals surface area contributed by atoms with E-state index < -0.39 is 0 Å². The molecule has 1 aliphatic heterocycles. The van der Waals surface area contributed by atoms with E-state index in [0.29, 0.717) is 5.92 Å². The summed E-state index contributed by atoms with van der Waals surface area (Å²) in [7, 11) is 0. The second-order valence-electron chi connectivity index (χ2n) is 5.07. The van der Waals surface area contributed by atoms with Gasteiger partial charge in [0, 0.05) is 23.2 Å². The third-order valence-corrected chi connectivity index (χ3v) is 5.11. The van der Waals surface area contributed by atoms with Crippen LogP contribution in [0.4, 0.5) is 0 Å². The minimum atomic E-state index is 0.230. The zero-order valence-electron chi connectivity index (χ0n) is 10.8. The van der Waals surface area contributed by atoms with E-state index >= 15 is 0 Å². The molecule has 1 N–H and O–H groups in total. The molecule has 0 fully saturated rings. The van der Waals surface area contributed by atoms with E-state index in [4.69, 9.17) is 0 Å². The van der Waals surface area contributed by atoms with Crippen LogP contribution in [0.2, 0.25) is 0 Å². The lowest BCUT2D eigenvalue weighted by Gasteiger charge is -2.19. The molecule has 2 aromatic rings. The van der Waals surface area contributed by atoms with Crippen molar-refractivity contribution >= 4 is 11.8 Å². The monoisotopic (exact) mass is 270 g/mol. The Kier molecular flexibility index (Phi) is 3.90. The van der Waals surface area contributed by atoms with Crippen LogP contribution in [-0.4, -0.2) is 17.5 Å². The molecule has 0 amide bonds. The molecule has 2 atom stereocenters. The lowest BCUT2D eigenvalue weighted by atomic mass is 9.86. The smallest absolute Gasteiger partial charge is 0.0499 e. The lowest BCUT2D eigenvalue weighted by molar-refractivity contribution is 0.255. The minimum absolute atomic E-state index is 0.230. The first kappa shape index (κ1) is 12.8. The van der Waals surface area contributed by atoms with Crippen LogP contribution in [0.25, 0.3) is 0 Å². The molecule has 0 aromatic heterocycles. The first-order valence-electron chi connectivity index (χ1n) is 6.76. The fourth-order valence-corrected chi connectivity index (χ4v) is 4.08. The highest BCUT2D eigenvalue weighted by Crippen LogP contribution is 2.43. The number of benzene rings is 2. The largest absolute Gasteiger partial charge is 0.396 e. The Morgan fingerprint density at radius 2 is 1.79 bits per heavy atom. The van der Waals surface area contributed by atoms with Crippen LogP contribution in [0.3, 0.4) is 0 Å². The summed E-state index contributed by atoms with van der Waals surface area (Å²) in [6, 6.07) is 19.0. The summed E-state index contributed by atoms with van der Waals surface area (Å²) in [4.78, 5) is 1.41. The van der Waals surface area contributed by atoms with Crippen LogP contribution in [0.1, 0.15) is 29.4 Å². The number of rotatable bonds is 4. The molecule has 0 saturated heterocycles. The highest BCUT2D eigenvalue weighted by atomic mass is 32.2. The van der Waals surface area contributed by atoms with Gasteiger partial charge in [-0.15, -0.1) is 11.8 Å². The molecular formula is C17H18OS. The van der Waals surface area contributed by atoms with E-state index in [1.807, 2.05) is 17.8 Å². The minimum Gasteiger partial charge on any atom is -0.396 e. The maximum Gasteiger partial charge on any atom is 0.0499 e. The van der Waals surface area contributed by atoms with Gasteiger partial charge in [-0.2, -0.15) is 0 Å². The highest BCUT2D eigenvalue weighted by molar-refractivity contribution is 7.99. The summed E-state index contributed by atoms with van der Waals surface area (Å²) >= 11 is 1.94. The zero-order chi connectivity index (χ0) is 13.1. The lowest BCUT2D eigenvalue weighted by Crippen LogP contribution is -2.10. The van der Waals surface area contributed by atoms with Gasteiger partial charge in [-0.1, -0.05) is 48.5 Å². The maximum absolute atomic E-state index is 9.68. The summed E-state index contributed by atoms with van der Waals surface area (Å²) in [5.41, 5.74) is 2.71. The fourth-order valence-electron chi connectivity index (χ4n) is 2.81. The number of hydrogen-bond acceptors (Lipinski definition) is 2. The molecule has 2 aromatic carbocycles. The molecule has 1 aliphatic rings. The number of aliphatic hydroxyl groups excluding tert-OH is 1. The van der Waals surface area contributed by atoms with Crippen LogP contribution >= 0.6 is 11.8 Å². The standard InChI is InChI=1S/C17H18OS/c18-11-14(13-6-2-1-3-7-13)10-15-12-19-17-9-5-4-8-16(15)17/h1-9,14-15,18H,10-12H2. The molecule has 0 aliphatic carbocycles. The van der Waals surface area contributed by atoms with E-state index in [0.717, 1.165) is 12.2 Å². The Bertz CT molecular complexity index is 538. The van der Waals surface area contributed by atoms with Crippen LogP contribution in [0.15, 0.2) is 59.5 Å². The van der Waals surface area contributed by atoms with Gasteiger partial charge in [0.2, 0.25) is 0 Å². The average molecular weight is 270 g/mol. The molecule has 98 valence electrons. The second-order valence-corrected chi connectivity index (χ2v) is 6.13. The quantitative estimate of drug-likeness (QED) is 0.904. The molecule has 0 radical (unpaired) electrons. The van der Waals surface area contributed by atoms with Gasteiger partial charge in [0.1, 0.15) is 0 Å². The predicted molar refractivity (Wildman–Crippen MR) is 80.8 cm³/mol. The predicted octanol–water partition coefficient (Wildman–Crippen LogP) is 4.04. The topological polar surface area (TPSA) is 20.2 Å². The van der Waals surface area contributed by atoms with Crippen LogP contribution < -0.4 is 0 Å². The molecule has 0 spiro atoms. The third-order valence-electron chi connectivity index (χ3n) is 3.86. The molecule has 0 bridgehead atoms. The van der Waals surface area contributed by atoms with E-state index in [-0.39, 0.29) is 12.5 Å². The number of hydrogen-bond donors (Lipinski definition) is 1. The van der Waals surface area contributed by atoms with Gasteiger partial charge >= 0.3 is 0 Å². The van der Waals surface area contributed by atoms with Gasteiger partial charge < -0.3 is 5.11 Å². The Balaban J connectivity index is 1.78. The van der Waals surface area contributed by atoms with Crippen molar-refractivity contribution in [1.82, 2.24) is 0 Å². The molecular weight excluding hydrogens is 252 g/mol. The highest BCUT2D eigenvalue weighted by Gasteiger charge is 2.25. The molecule has 0 saturated carbocycles. The van der Waals surface area contributed by atoms with Crippen molar-refractivity contribution in [2.45, 2.75) is 23.2 Å². The van der Waals surface area contributed by atoms with Crippen molar-refractivity contribution in [1.29, 1.82) is 0 Å². The van der Waals surface area contributed by atoms with Gasteiger partial charge in [-0.25, -0.2) is 0 Å². The fraction of sp³-hybridized carbons (Fsp3) is 0.294. The summed E-state index contributed by atoms with van der Waals surface area (Å²) in [6.07, 6.45) is 1.03. The normalized spacial score (nSPS) is 19.1. The molecule has 19 heavy (non-hydrogen) atoms. The Labute approximate surface area is 118 Å². The van der Waals surface area contributed by atoms with E-state index in [1.54, 1.807) is 0 Å². The van der Waals surface area contributed by atoms with Gasteiger partial charge in [-0.05, 0) is 29.5 Å². The van der Waals surface area contributed by atoms with Crippen LogP contribution in [0, 0.1) is 0 Å². The number of fused-ring (bicyclic) bond motifs is 1. The summed E-state index contributed by atoms with van der Waals surface area (Å²) in [6.45, 7) is 0.230. The summed E-state index contributed by atoms with van der Waals surface area (Å²) in [5.74, 6) is 1.96. The van der Waals surface area contributed by atoms with E-state index in [9.17, 15) is 5.11 Å². The van der Waals surface area contributed by atoms with Gasteiger partial charge in [0.15, 0.2) is 0 Å². The van der Waals surface area contributed by atoms with E-state index in [1.165, 1.54) is 16.0 Å². The molecule has 2 unspecified atom stereocenters. The second kappa shape index (κ2) is 5.81. The maximum atomic E-state index is 9.68. The summed E-state index contributed by atoms with van der Waals surface area (Å²) in [5, 5.41) is 9.68. The molecule has 1 heterocycles. The van der Waals surface area contributed by atoms with Gasteiger partial charge in [0.25, 0.3) is 0 Å². The van der Waals surface area contributed by atoms with Crippen molar-refractivity contribution in [2.24, 2.45) is 0 Å². The van der Waals surface area contributed by atoms with Crippen LogP contribution in [0.5, 0.6) is 0 Å². The van der Waals surface area contributed by atoms with Crippen molar-refractivity contribution in [2.75, 3.05) is 12.4 Å². The van der Waals surface area contributed by atoms with E-state index in [2.05, 4.69) is 48.5 Å².